The molecule has 1 unspecified atom stereocenters. The molecule has 1 atom stereocenters. The number of unbranched alkanes of at least 4 members (excludes halogenated alkanes) is 30. The molecule has 0 aliphatic carbocycles. The standard InChI is InChI=1S/C69H118O6/c1-4-7-10-13-16-19-22-24-26-27-28-29-30-31-32-33-34-35-36-37-38-39-40-41-43-44-47-50-53-56-59-62-68(71)74-65-66(64-73-67(70)61-58-55-52-49-46-21-18-15-12-9-6-3)75-69(72)63-60-57-54-51-48-45-42-25-23-20-17-14-11-8-5-2/h7,10,16-17,19-20,24-26,28-29,31-32,34-35,42,66H,4-6,8-9,11-15,18,21-23,27,30,33,36-41,43-65H2,1-3H3/b10-7-,19-16-,20-17-,26-24-,29-28-,32-31-,35-34-,42-25-. The predicted octanol–water partition coefficient (Wildman–Crippen LogP) is 21.7. The van der Waals surface area contributed by atoms with Gasteiger partial charge in [0.25, 0.3) is 0 Å². The van der Waals surface area contributed by atoms with Gasteiger partial charge in [-0.25, -0.2) is 0 Å². The summed E-state index contributed by atoms with van der Waals surface area (Å²) >= 11 is 0. The molecule has 0 saturated carbocycles. The summed E-state index contributed by atoms with van der Waals surface area (Å²) < 4.78 is 16.9. The molecule has 0 aliphatic heterocycles. The van der Waals surface area contributed by atoms with Gasteiger partial charge in [0, 0.05) is 19.3 Å². The van der Waals surface area contributed by atoms with Crippen LogP contribution in [0.25, 0.3) is 0 Å². The first-order valence-corrected chi connectivity index (χ1v) is 31.7. The second-order valence-electron chi connectivity index (χ2n) is 20.9. The van der Waals surface area contributed by atoms with Gasteiger partial charge >= 0.3 is 17.9 Å². The maximum atomic E-state index is 12.9. The Labute approximate surface area is 464 Å². The molecule has 0 fully saturated rings. The van der Waals surface area contributed by atoms with E-state index >= 15 is 0 Å². The maximum Gasteiger partial charge on any atom is 0.306 e. The lowest BCUT2D eigenvalue weighted by Gasteiger charge is -2.18. The average molecular weight is 1040 g/mol. The summed E-state index contributed by atoms with van der Waals surface area (Å²) in [6.07, 6.45) is 84.2. The molecule has 0 heterocycles. The normalized spacial score (nSPS) is 12.7. The Kier molecular flexibility index (Phi) is 59.8. The number of carbonyl (C=O) groups excluding carboxylic acids is 3. The molecule has 0 aromatic rings. The van der Waals surface area contributed by atoms with Crippen molar-refractivity contribution >= 4 is 17.9 Å². The smallest absolute Gasteiger partial charge is 0.306 e. The highest BCUT2D eigenvalue weighted by atomic mass is 16.6. The third-order valence-electron chi connectivity index (χ3n) is 13.6. The monoisotopic (exact) mass is 1040 g/mol. The molecule has 6 heteroatoms. The third kappa shape index (κ3) is 61.1. The Balaban J connectivity index is 4.20. The summed E-state index contributed by atoms with van der Waals surface area (Å²) in [6.45, 7) is 6.50. The van der Waals surface area contributed by atoms with E-state index < -0.39 is 6.10 Å². The SMILES string of the molecule is CC/C=C\C/C=C\C/C=C\C/C=C\C/C=C\C/C=C\CCCCCCCCCCCCCCC(=O)OCC(COC(=O)CCCCCCCCCCCCC)OC(=O)CCCCCCC/C=C\C/C=C\CCCCC. The van der Waals surface area contributed by atoms with Crippen molar-refractivity contribution in [1.29, 1.82) is 0 Å². The molecule has 0 N–H and O–H groups in total. The zero-order valence-corrected chi connectivity index (χ0v) is 49.3. The van der Waals surface area contributed by atoms with Crippen molar-refractivity contribution in [3.63, 3.8) is 0 Å². The number of esters is 3. The predicted molar refractivity (Wildman–Crippen MR) is 325 cm³/mol. The Morgan fingerprint density at radius 3 is 0.840 bits per heavy atom. The van der Waals surface area contributed by atoms with Crippen LogP contribution in [0.1, 0.15) is 303 Å². The lowest BCUT2D eigenvalue weighted by molar-refractivity contribution is -0.167. The van der Waals surface area contributed by atoms with Crippen LogP contribution in [-0.2, 0) is 28.6 Å². The lowest BCUT2D eigenvalue weighted by Crippen LogP contribution is -2.30. The Bertz CT molecular complexity index is 1480. The van der Waals surface area contributed by atoms with Crippen LogP contribution in [-0.4, -0.2) is 37.2 Å². The van der Waals surface area contributed by atoms with Crippen LogP contribution in [0, 0.1) is 0 Å². The summed E-state index contributed by atoms with van der Waals surface area (Å²) in [5, 5.41) is 0. The van der Waals surface area contributed by atoms with Gasteiger partial charge in [0.05, 0.1) is 0 Å². The number of hydrogen-bond acceptors (Lipinski definition) is 6. The van der Waals surface area contributed by atoms with Crippen LogP contribution in [0.3, 0.4) is 0 Å². The van der Waals surface area contributed by atoms with Crippen molar-refractivity contribution in [3.8, 4) is 0 Å². The van der Waals surface area contributed by atoms with E-state index in [0.29, 0.717) is 19.3 Å². The highest BCUT2D eigenvalue weighted by Crippen LogP contribution is 2.16. The number of carbonyl (C=O) groups is 3. The first-order chi connectivity index (χ1) is 37.0. The van der Waals surface area contributed by atoms with Crippen LogP contribution in [0.4, 0.5) is 0 Å². The zero-order chi connectivity index (χ0) is 54.3. The first-order valence-electron chi connectivity index (χ1n) is 31.7. The van der Waals surface area contributed by atoms with E-state index in [1.807, 2.05) is 0 Å². The third-order valence-corrected chi connectivity index (χ3v) is 13.6. The molecule has 0 aliphatic rings. The van der Waals surface area contributed by atoms with E-state index in [0.717, 1.165) is 122 Å². The second-order valence-corrected chi connectivity index (χ2v) is 20.9. The molecule has 0 aromatic carbocycles. The summed E-state index contributed by atoms with van der Waals surface area (Å²) in [5.41, 5.74) is 0. The zero-order valence-electron chi connectivity index (χ0n) is 49.3. The minimum absolute atomic E-state index is 0.0802. The van der Waals surface area contributed by atoms with Gasteiger partial charge in [0.15, 0.2) is 6.10 Å². The minimum atomic E-state index is -0.783. The van der Waals surface area contributed by atoms with Gasteiger partial charge in [0.2, 0.25) is 0 Å². The molecule has 0 saturated heterocycles. The van der Waals surface area contributed by atoms with Crippen molar-refractivity contribution in [2.24, 2.45) is 0 Å². The summed E-state index contributed by atoms with van der Waals surface area (Å²) in [6, 6.07) is 0. The molecule has 0 bridgehead atoms. The topological polar surface area (TPSA) is 78.9 Å². The van der Waals surface area contributed by atoms with Crippen LogP contribution < -0.4 is 0 Å². The number of ether oxygens (including phenoxy) is 3. The fraction of sp³-hybridized carbons (Fsp3) is 0.725. The molecule has 430 valence electrons. The number of rotatable bonds is 57. The van der Waals surface area contributed by atoms with Gasteiger partial charge in [0.1, 0.15) is 13.2 Å². The highest BCUT2D eigenvalue weighted by Gasteiger charge is 2.19. The van der Waals surface area contributed by atoms with Crippen molar-refractivity contribution in [2.75, 3.05) is 13.2 Å². The van der Waals surface area contributed by atoms with E-state index in [1.54, 1.807) is 0 Å². The number of allylic oxidation sites excluding steroid dienone is 16. The molecule has 0 rings (SSSR count). The number of hydrogen-bond donors (Lipinski definition) is 0. The Morgan fingerprint density at radius 2 is 0.520 bits per heavy atom. The molecule has 75 heavy (non-hydrogen) atoms. The van der Waals surface area contributed by atoms with E-state index in [2.05, 4.69) is 118 Å². The molecule has 0 radical (unpaired) electrons. The largest absolute Gasteiger partial charge is 0.462 e. The molecular formula is C69H118O6. The van der Waals surface area contributed by atoms with Crippen LogP contribution in [0.2, 0.25) is 0 Å². The van der Waals surface area contributed by atoms with Crippen LogP contribution in [0.15, 0.2) is 97.2 Å². The van der Waals surface area contributed by atoms with E-state index in [-0.39, 0.29) is 31.1 Å². The lowest BCUT2D eigenvalue weighted by atomic mass is 10.0. The molecule has 6 nitrogen and oxygen atoms in total. The summed E-state index contributed by atoms with van der Waals surface area (Å²) in [7, 11) is 0. The molecule has 0 aromatic heterocycles. The quantitative estimate of drug-likeness (QED) is 0.0261. The second kappa shape index (κ2) is 62.9. The van der Waals surface area contributed by atoms with Crippen LogP contribution >= 0.6 is 0 Å². The van der Waals surface area contributed by atoms with E-state index in [4.69, 9.17) is 14.2 Å². The van der Waals surface area contributed by atoms with Crippen molar-refractivity contribution in [3.05, 3.63) is 97.2 Å². The first kappa shape index (κ1) is 71.3. The van der Waals surface area contributed by atoms with E-state index in [1.165, 1.54) is 141 Å². The van der Waals surface area contributed by atoms with Gasteiger partial charge < -0.3 is 14.2 Å². The molecular weight excluding hydrogens is 925 g/mol. The minimum Gasteiger partial charge on any atom is -0.462 e. The summed E-state index contributed by atoms with van der Waals surface area (Å²) in [4.78, 5) is 38.2. The molecule has 0 amide bonds. The van der Waals surface area contributed by atoms with Crippen molar-refractivity contribution in [1.82, 2.24) is 0 Å². The van der Waals surface area contributed by atoms with Gasteiger partial charge in [-0.1, -0.05) is 279 Å². The van der Waals surface area contributed by atoms with Gasteiger partial charge in [-0.3, -0.25) is 14.4 Å². The van der Waals surface area contributed by atoms with Crippen LogP contribution in [0.5, 0.6) is 0 Å². The van der Waals surface area contributed by atoms with Gasteiger partial charge in [-0.05, 0) is 103 Å². The Morgan fingerprint density at radius 1 is 0.280 bits per heavy atom. The fourth-order valence-electron chi connectivity index (χ4n) is 8.83. The average Bonchev–Trinajstić information content (AvgIpc) is 3.41. The maximum absolute atomic E-state index is 12.9. The summed E-state index contributed by atoms with van der Waals surface area (Å²) in [5.74, 6) is -0.888. The molecule has 0 spiro atoms. The van der Waals surface area contributed by atoms with Crippen molar-refractivity contribution < 1.29 is 28.6 Å². The van der Waals surface area contributed by atoms with Gasteiger partial charge in [-0.15, -0.1) is 0 Å². The Hall–Kier alpha value is -3.67. The fourth-order valence-corrected chi connectivity index (χ4v) is 8.83. The van der Waals surface area contributed by atoms with E-state index in [9.17, 15) is 14.4 Å². The van der Waals surface area contributed by atoms with Crippen molar-refractivity contribution in [2.45, 2.75) is 309 Å². The highest BCUT2D eigenvalue weighted by molar-refractivity contribution is 5.71. The van der Waals surface area contributed by atoms with Gasteiger partial charge in [-0.2, -0.15) is 0 Å².